The summed E-state index contributed by atoms with van der Waals surface area (Å²) in [5.74, 6) is 6.53. The average molecular weight is 368 g/mol. The molecule has 0 saturated heterocycles. The zero-order valence-corrected chi connectivity index (χ0v) is 14.9. The van der Waals surface area contributed by atoms with E-state index in [1.54, 1.807) is 13.2 Å². The van der Waals surface area contributed by atoms with E-state index in [-0.39, 0.29) is 24.8 Å². The molecule has 0 radical (unpaired) electrons. The topological polar surface area (TPSA) is 94.8 Å². The van der Waals surface area contributed by atoms with Crippen LogP contribution >= 0.6 is 11.8 Å². The summed E-state index contributed by atoms with van der Waals surface area (Å²) in [4.78, 5) is 16.0. The predicted octanol–water partition coefficient (Wildman–Crippen LogP) is 1.05. The molecule has 0 saturated carbocycles. The lowest BCUT2D eigenvalue weighted by atomic mass is 10.2. The number of benzene rings is 1. The van der Waals surface area contributed by atoms with Gasteiger partial charge in [-0.25, -0.2) is 4.68 Å². The van der Waals surface area contributed by atoms with Gasteiger partial charge in [0.1, 0.15) is 12.4 Å². The quantitative estimate of drug-likeness (QED) is 0.513. The second-order valence-electron chi connectivity index (χ2n) is 5.15. The molecule has 9 heteroatoms. The summed E-state index contributed by atoms with van der Waals surface area (Å²) in [6.07, 6.45) is 1.74. The lowest BCUT2D eigenvalue weighted by Gasteiger charge is -2.03. The van der Waals surface area contributed by atoms with Crippen LogP contribution in [0.15, 0.2) is 41.7 Å². The molecule has 0 aliphatic rings. The second-order valence-corrected chi connectivity index (χ2v) is 6.09. The van der Waals surface area contributed by atoms with Crippen molar-refractivity contribution in [2.24, 2.45) is 7.05 Å². The van der Waals surface area contributed by atoms with Gasteiger partial charge in [0.25, 0.3) is 0 Å². The Bertz CT molecular complexity index is 962. The number of pyridine rings is 1. The fourth-order valence-corrected chi connectivity index (χ4v) is 2.72. The van der Waals surface area contributed by atoms with Gasteiger partial charge in [-0.05, 0) is 28.6 Å². The molecule has 0 fully saturated rings. The summed E-state index contributed by atoms with van der Waals surface area (Å²) < 4.78 is 7.09. The van der Waals surface area contributed by atoms with Gasteiger partial charge in [0.05, 0.1) is 17.8 Å². The van der Waals surface area contributed by atoms with Crippen LogP contribution in [0.25, 0.3) is 10.9 Å². The minimum absolute atomic E-state index is 0.131. The molecule has 0 atom stereocenters. The maximum atomic E-state index is 11.7. The first-order chi connectivity index (χ1) is 12.7. The number of carbonyl (C=O) groups is 1. The number of fused-ring (bicyclic) bond motifs is 1. The van der Waals surface area contributed by atoms with Gasteiger partial charge in [-0.15, -0.1) is 5.10 Å². The summed E-state index contributed by atoms with van der Waals surface area (Å²) in [7, 11) is 1.72. The summed E-state index contributed by atoms with van der Waals surface area (Å²) in [6.45, 7) is 0.507. The maximum absolute atomic E-state index is 11.7. The number of rotatable bonds is 6. The Morgan fingerprint density at radius 1 is 1.35 bits per heavy atom. The van der Waals surface area contributed by atoms with Gasteiger partial charge in [0, 0.05) is 24.7 Å². The Labute approximate surface area is 154 Å². The first-order valence-corrected chi connectivity index (χ1v) is 8.76. The Morgan fingerprint density at radius 2 is 2.27 bits per heavy atom. The van der Waals surface area contributed by atoms with E-state index in [0.29, 0.717) is 10.9 Å². The van der Waals surface area contributed by atoms with E-state index in [2.05, 4.69) is 37.7 Å². The van der Waals surface area contributed by atoms with Crippen LogP contribution in [0.3, 0.4) is 0 Å². The first-order valence-electron chi connectivity index (χ1n) is 7.77. The van der Waals surface area contributed by atoms with Crippen LogP contribution in [-0.4, -0.2) is 50.0 Å². The molecule has 3 rings (SSSR count). The third-order valence-electron chi connectivity index (χ3n) is 3.30. The SMILES string of the molecule is Cn1nnnc1SCC(=O)NCC#CCOc1ccc2cccnc2c1. The minimum Gasteiger partial charge on any atom is -0.481 e. The van der Waals surface area contributed by atoms with E-state index in [1.807, 2.05) is 30.3 Å². The fraction of sp³-hybridized carbons (Fsp3) is 0.235. The molecule has 3 aromatic rings. The Morgan fingerprint density at radius 3 is 3.12 bits per heavy atom. The summed E-state index contributed by atoms with van der Waals surface area (Å²) in [5.41, 5.74) is 0.876. The molecule has 0 aliphatic carbocycles. The van der Waals surface area contributed by atoms with Gasteiger partial charge < -0.3 is 10.1 Å². The van der Waals surface area contributed by atoms with E-state index in [1.165, 1.54) is 16.4 Å². The summed E-state index contributed by atoms with van der Waals surface area (Å²) in [6, 6.07) is 9.60. The van der Waals surface area contributed by atoms with Crippen molar-refractivity contribution in [3.8, 4) is 17.6 Å². The van der Waals surface area contributed by atoms with Crippen molar-refractivity contribution < 1.29 is 9.53 Å². The van der Waals surface area contributed by atoms with Crippen LogP contribution in [0, 0.1) is 11.8 Å². The minimum atomic E-state index is -0.131. The van der Waals surface area contributed by atoms with E-state index < -0.39 is 0 Å². The molecule has 0 spiro atoms. The molecule has 0 aliphatic heterocycles. The second kappa shape index (κ2) is 8.82. The Balaban J connectivity index is 1.37. The number of amides is 1. The third-order valence-corrected chi connectivity index (χ3v) is 4.31. The highest BCUT2D eigenvalue weighted by Crippen LogP contribution is 2.18. The summed E-state index contributed by atoms with van der Waals surface area (Å²) >= 11 is 1.26. The van der Waals surface area contributed by atoms with Crippen molar-refractivity contribution in [2.45, 2.75) is 5.16 Å². The van der Waals surface area contributed by atoms with Crippen LogP contribution in [0.4, 0.5) is 0 Å². The van der Waals surface area contributed by atoms with E-state index >= 15 is 0 Å². The van der Waals surface area contributed by atoms with Gasteiger partial charge in [0.2, 0.25) is 11.1 Å². The molecular formula is C17H16N6O2S. The van der Waals surface area contributed by atoms with Crippen molar-refractivity contribution in [3.05, 3.63) is 36.5 Å². The number of nitrogens with one attached hydrogen (secondary N) is 1. The summed E-state index contributed by atoms with van der Waals surface area (Å²) in [5, 5.41) is 15.4. The molecule has 1 N–H and O–H groups in total. The zero-order valence-electron chi connectivity index (χ0n) is 14.0. The lowest BCUT2D eigenvalue weighted by Crippen LogP contribution is -2.25. The van der Waals surface area contributed by atoms with E-state index in [4.69, 9.17) is 4.74 Å². The smallest absolute Gasteiger partial charge is 0.231 e. The molecule has 26 heavy (non-hydrogen) atoms. The number of tetrazole rings is 1. The number of hydrogen-bond acceptors (Lipinski definition) is 7. The number of nitrogens with zero attached hydrogens (tertiary/aromatic N) is 5. The van der Waals surface area contributed by atoms with Crippen molar-refractivity contribution in [3.63, 3.8) is 0 Å². The van der Waals surface area contributed by atoms with Crippen molar-refractivity contribution in [1.82, 2.24) is 30.5 Å². The number of ether oxygens (including phenoxy) is 1. The number of aryl methyl sites for hydroxylation is 1. The highest BCUT2D eigenvalue weighted by Gasteiger charge is 2.06. The van der Waals surface area contributed by atoms with Crippen molar-refractivity contribution in [2.75, 3.05) is 18.9 Å². The van der Waals surface area contributed by atoms with E-state index in [9.17, 15) is 4.79 Å². The van der Waals surface area contributed by atoms with Gasteiger partial charge in [-0.3, -0.25) is 9.78 Å². The van der Waals surface area contributed by atoms with Gasteiger partial charge in [0.15, 0.2) is 0 Å². The highest BCUT2D eigenvalue weighted by atomic mass is 32.2. The Kier molecular flexibility index (Phi) is 6.01. The van der Waals surface area contributed by atoms with Crippen LogP contribution < -0.4 is 10.1 Å². The molecule has 1 aromatic carbocycles. The normalized spacial score (nSPS) is 10.2. The monoisotopic (exact) mass is 368 g/mol. The van der Waals surface area contributed by atoms with Gasteiger partial charge in [-0.1, -0.05) is 29.7 Å². The standard InChI is InChI=1S/C17H16N6O2S/c1-23-17(20-21-22-23)26-12-16(24)19-8-2-3-10-25-14-7-6-13-5-4-9-18-15(13)11-14/h4-7,9,11H,8,10,12H2,1H3,(H,19,24). The number of aromatic nitrogens is 5. The molecule has 8 nitrogen and oxygen atoms in total. The molecule has 0 unspecified atom stereocenters. The molecule has 1 amide bonds. The van der Waals surface area contributed by atoms with Crippen LogP contribution in [0.5, 0.6) is 5.75 Å². The molecule has 2 heterocycles. The third kappa shape index (κ3) is 4.94. The van der Waals surface area contributed by atoms with Gasteiger partial charge >= 0.3 is 0 Å². The van der Waals surface area contributed by atoms with Crippen LogP contribution in [0.2, 0.25) is 0 Å². The predicted molar refractivity (Wildman–Crippen MR) is 97.5 cm³/mol. The molecular weight excluding hydrogens is 352 g/mol. The fourth-order valence-electron chi connectivity index (χ4n) is 2.04. The number of carbonyl (C=O) groups excluding carboxylic acids is 1. The van der Waals surface area contributed by atoms with Crippen LogP contribution in [0.1, 0.15) is 0 Å². The zero-order chi connectivity index (χ0) is 18.2. The largest absolute Gasteiger partial charge is 0.481 e. The van der Waals surface area contributed by atoms with Crippen molar-refractivity contribution in [1.29, 1.82) is 0 Å². The Hall–Kier alpha value is -3.12. The first kappa shape index (κ1) is 17.7. The highest BCUT2D eigenvalue weighted by molar-refractivity contribution is 7.99. The maximum Gasteiger partial charge on any atom is 0.231 e. The van der Waals surface area contributed by atoms with E-state index in [0.717, 1.165) is 10.9 Å². The average Bonchev–Trinajstić information content (AvgIpc) is 3.07. The lowest BCUT2D eigenvalue weighted by molar-refractivity contribution is -0.118. The van der Waals surface area contributed by atoms with Crippen LogP contribution in [-0.2, 0) is 11.8 Å². The molecule has 0 bridgehead atoms. The van der Waals surface area contributed by atoms with Crippen molar-refractivity contribution >= 4 is 28.6 Å². The number of thioether (sulfide) groups is 1. The molecule has 2 aromatic heterocycles. The number of hydrogen-bond donors (Lipinski definition) is 1. The molecule has 132 valence electrons. The van der Waals surface area contributed by atoms with Gasteiger partial charge in [-0.2, -0.15) is 0 Å².